The average Bonchev–Trinajstić information content (AvgIpc) is 3.02. The van der Waals surface area contributed by atoms with Crippen LogP contribution in [0.1, 0.15) is 37.9 Å². The van der Waals surface area contributed by atoms with Gasteiger partial charge in [0.25, 0.3) is 0 Å². The predicted molar refractivity (Wildman–Crippen MR) is 72.6 cm³/mol. The standard InChI is InChI=1S/C14H23N5/c1-2-13-8-11(7-12(1)16-13)3-4-18-5-6-19-10-15-17-14(19)9-18/h10-13,16H,1-9H2. The smallest absolute Gasteiger partial charge is 0.147 e. The molecule has 2 unspecified atom stereocenters. The minimum atomic E-state index is 0.827. The maximum Gasteiger partial charge on any atom is 0.147 e. The van der Waals surface area contributed by atoms with Crippen LogP contribution in [0.5, 0.6) is 0 Å². The zero-order valence-corrected chi connectivity index (χ0v) is 11.5. The second-order valence-corrected chi connectivity index (χ2v) is 6.48. The molecule has 5 nitrogen and oxygen atoms in total. The second kappa shape index (κ2) is 4.87. The molecule has 3 aliphatic heterocycles. The quantitative estimate of drug-likeness (QED) is 0.882. The summed E-state index contributed by atoms with van der Waals surface area (Å²) in [6.45, 7) is 4.43. The molecule has 4 rings (SSSR count). The summed E-state index contributed by atoms with van der Waals surface area (Å²) in [6, 6.07) is 1.65. The van der Waals surface area contributed by atoms with Crippen LogP contribution >= 0.6 is 0 Å². The number of hydrogen-bond donors (Lipinski definition) is 1. The highest BCUT2D eigenvalue weighted by atomic mass is 15.3. The lowest BCUT2D eigenvalue weighted by Crippen LogP contribution is -2.40. The molecule has 0 saturated carbocycles. The van der Waals surface area contributed by atoms with Gasteiger partial charge in [0, 0.05) is 25.2 Å². The van der Waals surface area contributed by atoms with Crippen molar-refractivity contribution >= 4 is 0 Å². The summed E-state index contributed by atoms with van der Waals surface area (Å²) in [4.78, 5) is 2.55. The minimum absolute atomic E-state index is 0.827. The normalized spacial score (nSPS) is 34.4. The molecule has 0 aromatic carbocycles. The fourth-order valence-corrected chi connectivity index (χ4v) is 4.08. The lowest BCUT2D eigenvalue weighted by atomic mass is 9.89. The van der Waals surface area contributed by atoms with Crippen LogP contribution in [0.3, 0.4) is 0 Å². The highest BCUT2D eigenvalue weighted by Crippen LogP contribution is 2.32. The first-order valence-corrected chi connectivity index (χ1v) is 7.72. The van der Waals surface area contributed by atoms with E-state index in [1.165, 1.54) is 38.6 Å². The Labute approximate surface area is 114 Å². The van der Waals surface area contributed by atoms with Crippen molar-refractivity contribution in [3.63, 3.8) is 0 Å². The number of nitrogens with one attached hydrogen (secondary N) is 1. The van der Waals surface area contributed by atoms with E-state index >= 15 is 0 Å². The van der Waals surface area contributed by atoms with Crippen molar-refractivity contribution in [1.82, 2.24) is 25.0 Å². The molecule has 0 amide bonds. The summed E-state index contributed by atoms with van der Waals surface area (Å²) in [5.74, 6) is 2.08. The van der Waals surface area contributed by atoms with Gasteiger partial charge in [-0.05, 0) is 44.6 Å². The van der Waals surface area contributed by atoms with Gasteiger partial charge in [-0.1, -0.05) is 0 Å². The third-order valence-electron chi connectivity index (χ3n) is 5.14. The van der Waals surface area contributed by atoms with Gasteiger partial charge in [0.15, 0.2) is 0 Å². The van der Waals surface area contributed by atoms with Crippen molar-refractivity contribution in [2.75, 3.05) is 13.1 Å². The molecule has 2 saturated heterocycles. The highest BCUT2D eigenvalue weighted by molar-refractivity contribution is 4.93. The Morgan fingerprint density at radius 3 is 2.89 bits per heavy atom. The van der Waals surface area contributed by atoms with Gasteiger partial charge in [-0.3, -0.25) is 4.90 Å². The molecule has 2 bridgehead atoms. The van der Waals surface area contributed by atoms with Gasteiger partial charge in [0.1, 0.15) is 12.2 Å². The van der Waals surface area contributed by atoms with Crippen LogP contribution in [0.15, 0.2) is 6.33 Å². The summed E-state index contributed by atoms with van der Waals surface area (Å²) in [6.07, 6.45) is 8.85. The van der Waals surface area contributed by atoms with E-state index in [0.717, 1.165) is 43.5 Å². The lowest BCUT2D eigenvalue weighted by Gasteiger charge is -2.32. The lowest BCUT2D eigenvalue weighted by molar-refractivity contribution is 0.184. The summed E-state index contributed by atoms with van der Waals surface area (Å²) < 4.78 is 2.18. The van der Waals surface area contributed by atoms with Crippen molar-refractivity contribution in [2.24, 2.45) is 5.92 Å². The van der Waals surface area contributed by atoms with Gasteiger partial charge < -0.3 is 9.88 Å². The van der Waals surface area contributed by atoms with E-state index in [2.05, 4.69) is 25.0 Å². The van der Waals surface area contributed by atoms with Gasteiger partial charge in [-0.2, -0.15) is 0 Å². The molecular weight excluding hydrogens is 238 g/mol. The van der Waals surface area contributed by atoms with Crippen LogP contribution in [0.2, 0.25) is 0 Å². The number of aromatic nitrogens is 3. The molecule has 4 heterocycles. The van der Waals surface area contributed by atoms with Crippen molar-refractivity contribution < 1.29 is 0 Å². The van der Waals surface area contributed by atoms with Gasteiger partial charge in [0.2, 0.25) is 0 Å². The van der Waals surface area contributed by atoms with Crippen LogP contribution < -0.4 is 5.32 Å². The van der Waals surface area contributed by atoms with Gasteiger partial charge in [0.05, 0.1) is 6.54 Å². The van der Waals surface area contributed by atoms with Crippen molar-refractivity contribution in [3.05, 3.63) is 12.2 Å². The molecule has 104 valence electrons. The zero-order valence-electron chi connectivity index (χ0n) is 11.5. The molecule has 1 aromatic heterocycles. The molecule has 19 heavy (non-hydrogen) atoms. The minimum Gasteiger partial charge on any atom is -0.315 e. The largest absolute Gasteiger partial charge is 0.315 e. The fourth-order valence-electron chi connectivity index (χ4n) is 4.08. The third kappa shape index (κ3) is 2.41. The van der Waals surface area contributed by atoms with Crippen molar-refractivity contribution in [3.8, 4) is 0 Å². The van der Waals surface area contributed by atoms with E-state index < -0.39 is 0 Å². The SMILES string of the molecule is c1nnc2n1CCN(CCC1CC3CCC(C1)N3)C2. The Morgan fingerprint density at radius 2 is 2.05 bits per heavy atom. The van der Waals surface area contributed by atoms with Crippen LogP contribution in [0.25, 0.3) is 0 Å². The molecule has 0 radical (unpaired) electrons. The van der Waals surface area contributed by atoms with E-state index in [1.807, 2.05) is 6.33 Å². The van der Waals surface area contributed by atoms with E-state index in [4.69, 9.17) is 0 Å². The Morgan fingerprint density at radius 1 is 1.21 bits per heavy atom. The van der Waals surface area contributed by atoms with E-state index in [-0.39, 0.29) is 0 Å². The summed E-state index contributed by atoms with van der Waals surface area (Å²) >= 11 is 0. The molecule has 0 aliphatic carbocycles. The third-order valence-corrected chi connectivity index (χ3v) is 5.14. The first-order valence-electron chi connectivity index (χ1n) is 7.72. The van der Waals surface area contributed by atoms with E-state index in [0.29, 0.717) is 0 Å². The molecular formula is C14H23N5. The van der Waals surface area contributed by atoms with Crippen molar-refractivity contribution in [2.45, 2.75) is 57.3 Å². The van der Waals surface area contributed by atoms with Gasteiger partial charge >= 0.3 is 0 Å². The maximum atomic E-state index is 4.20. The van der Waals surface area contributed by atoms with E-state index in [9.17, 15) is 0 Å². The molecule has 2 fully saturated rings. The Balaban J connectivity index is 1.29. The van der Waals surface area contributed by atoms with Gasteiger partial charge in [-0.25, -0.2) is 0 Å². The van der Waals surface area contributed by atoms with Crippen LogP contribution in [0, 0.1) is 5.92 Å². The Bertz CT molecular complexity index is 431. The maximum absolute atomic E-state index is 4.20. The highest BCUT2D eigenvalue weighted by Gasteiger charge is 2.33. The molecule has 2 atom stereocenters. The first kappa shape index (κ1) is 11.9. The number of hydrogen-bond acceptors (Lipinski definition) is 4. The number of rotatable bonds is 3. The monoisotopic (exact) mass is 261 g/mol. The molecule has 5 heteroatoms. The topological polar surface area (TPSA) is 46.0 Å². The average molecular weight is 261 g/mol. The Kier molecular flexibility index (Phi) is 3.04. The molecule has 3 aliphatic rings. The Hall–Kier alpha value is -0.940. The van der Waals surface area contributed by atoms with Gasteiger partial charge in [-0.15, -0.1) is 10.2 Å². The number of nitrogens with zero attached hydrogens (tertiary/aromatic N) is 4. The van der Waals surface area contributed by atoms with Crippen molar-refractivity contribution in [1.29, 1.82) is 0 Å². The van der Waals surface area contributed by atoms with Crippen LogP contribution in [-0.4, -0.2) is 44.8 Å². The molecule has 0 spiro atoms. The zero-order chi connectivity index (χ0) is 12.7. The first-order chi connectivity index (χ1) is 9.37. The molecule has 1 N–H and O–H groups in total. The number of fused-ring (bicyclic) bond motifs is 3. The summed E-state index contributed by atoms with van der Waals surface area (Å²) in [7, 11) is 0. The predicted octanol–water partition coefficient (Wildman–Crippen LogP) is 1.01. The second-order valence-electron chi connectivity index (χ2n) is 6.48. The van der Waals surface area contributed by atoms with E-state index in [1.54, 1.807) is 0 Å². The number of piperidine rings is 1. The summed E-state index contributed by atoms with van der Waals surface area (Å²) in [5, 5.41) is 11.9. The summed E-state index contributed by atoms with van der Waals surface area (Å²) in [5.41, 5.74) is 0. The van der Waals surface area contributed by atoms with Crippen LogP contribution in [0.4, 0.5) is 0 Å². The fraction of sp³-hybridized carbons (Fsp3) is 0.857. The molecule has 1 aromatic rings. The van der Waals surface area contributed by atoms with Crippen LogP contribution in [-0.2, 0) is 13.1 Å².